The SMILES string of the molecule is Cn1ccsc1=NC(=O)C=Cc1ccc(S(=O)(=O)N2CCCCCC2)cc1. The Morgan fingerprint density at radius 3 is 2.37 bits per heavy atom. The van der Waals surface area contributed by atoms with Crippen molar-refractivity contribution in [2.24, 2.45) is 12.0 Å². The highest BCUT2D eigenvalue weighted by atomic mass is 32.2. The Morgan fingerprint density at radius 1 is 1.11 bits per heavy atom. The minimum atomic E-state index is -3.45. The molecule has 0 atom stereocenters. The molecule has 1 fully saturated rings. The van der Waals surface area contributed by atoms with Gasteiger partial charge in [-0.05, 0) is 36.6 Å². The fourth-order valence-corrected chi connectivity index (χ4v) is 5.17. The summed E-state index contributed by atoms with van der Waals surface area (Å²) in [6, 6.07) is 6.61. The molecule has 0 N–H and O–H groups in total. The minimum absolute atomic E-state index is 0.295. The summed E-state index contributed by atoms with van der Waals surface area (Å²) in [5.41, 5.74) is 0.754. The normalized spacial score (nSPS) is 17.3. The number of benzene rings is 1. The van der Waals surface area contributed by atoms with Crippen molar-refractivity contribution in [3.8, 4) is 0 Å². The molecule has 0 bridgehead atoms. The lowest BCUT2D eigenvalue weighted by atomic mass is 10.2. The van der Waals surface area contributed by atoms with E-state index in [0.29, 0.717) is 22.8 Å². The smallest absolute Gasteiger partial charge is 0.272 e. The molecule has 1 aromatic carbocycles. The molecule has 1 aliphatic heterocycles. The van der Waals surface area contributed by atoms with Crippen LogP contribution in [0.2, 0.25) is 0 Å². The van der Waals surface area contributed by atoms with E-state index in [2.05, 4.69) is 4.99 Å². The van der Waals surface area contributed by atoms with Crippen LogP contribution in [0.4, 0.5) is 0 Å². The lowest BCUT2D eigenvalue weighted by molar-refractivity contribution is -0.113. The van der Waals surface area contributed by atoms with Crippen molar-refractivity contribution < 1.29 is 13.2 Å². The number of aromatic nitrogens is 1. The Labute approximate surface area is 163 Å². The van der Waals surface area contributed by atoms with Crippen LogP contribution in [0.3, 0.4) is 0 Å². The van der Waals surface area contributed by atoms with Gasteiger partial charge in [0, 0.05) is 37.8 Å². The molecule has 0 spiro atoms. The van der Waals surface area contributed by atoms with Crippen molar-refractivity contribution >= 4 is 33.3 Å². The number of thiazole rings is 1. The van der Waals surface area contributed by atoms with E-state index < -0.39 is 10.0 Å². The van der Waals surface area contributed by atoms with Crippen LogP contribution in [0.25, 0.3) is 6.08 Å². The van der Waals surface area contributed by atoms with Gasteiger partial charge in [0.15, 0.2) is 4.80 Å². The Balaban J connectivity index is 1.71. The molecule has 0 saturated carbocycles. The molecule has 1 aromatic heterocycles. The predicted octanol–water partition coefficient (Wildman–Crippen LogP) is 2.79. The van der Waals surface area contributed by atoms with Gasteiger partial charge in [0.25, 0.3) is 5.91 Å². The third-order valence-corrected chi connectivity index (χ3v) is 7.23. The van der Waals surface area contributed by atoms with Gasteiger partial charge in [-0.2, -0.15) is 9.30 Å². The van der Waals surface area contributed by atoms with Crippen molar-refractivity contribution in [3.05, 3.63) is 52.3 Å². The first-order valence-electron chi connectivity index (χ1n) is 8.94. The van der Waals surface area contributed by atoms with Gasteiger partial charge in [0.1, 0.15) is 0 Å². The molecule has 27 heavy (non-hydrogen) atoms. The number of hydrogen-bond donors (Lipinski definition) is 0. The first kappa shape index (κ1) is 19.7. The van der Waals surface area contributed by atoms with Gasteiger partial charge in [-0.3, -0.25) is 4.79 Å². The molecule has 8 heteroatoms. The van der Waals surface area contributed by atoms with E-state index in [1.807, 2.05) is 18.6 Å². The zero-order chi connectivity index (χ0) is 19.3. The maximum Gasteiger partial charge on any atom is 0.272 e. The molecular formula is C19H23N3O3S2. The van der Waals surface area contributed by atoms with Crippen LogP contribution >= 0.6 is 11.3 Å². The number of hydrogen-bond acceptors (Lipinski definition) is 4. The van der Waals surface area contributed by atoms with Crippen molar-refractivity contribution in [2.75, 3.05) is 13.1 Å². The zero-order valence-corrected chi connectivity index (χ0v) is 16.9. The number of nitrogens with zero attached hydrogens (tertiary/aromatic N) is 3. The first-order valence-corrected chi connectivity index (χ1v) is 11.3. The molecule has 2 aromatic rings. The lowest BCUT2D eigenvalue weighted by Crippen LogP contribution is -2.31. The number of aryl methyl sites for hydroxylation is 1. The van der Waals surface area contributed by atoms with E-state index in [1.165, 1.54) is 17.4 Å². The summed E-state index contributed by atoms with van der Waals surface area (Å²) in [4.78, 5) is 16.9. The molecule has 2 heterocycles. The van der Waals surface area contributed by atoms with Crippen molar-refractivity contribution in [2.45, 2.75) is 30.6 Å². The number of sulfonamides is 1. The molecule has 3 rings (SSSR count). The van der Waals surface area contributed by atoms with Gasteiger partial charge in [0.2, 0.25) is 10.0 Å². The average Bonchev–Trinajstić information content (AvgIpc) is 2.89. The summed E-state index contributed by atoms with van der Waals surface area (Å²) >= 11 is 1.39. The van der Waals surface area contributed by atoms with Gasteiger partial charge in [-0.25, -0.2) is 8.42 Å². The highest BCUT2D eigenvalue weighted by Crippen LogP contribution is 2.20. The van der Waals surface area contributed by atoms with E-state index in [9.17, 15) is 13.2 Å². The van der Waals surface area contributed by atoms with Crippen LogP contribution in [0.1, 0.15) is 31.2 Å². The fourth-order valence-electron chi connectivity index (χ4n) is 2.92. The number of carbonyl (C=O) groups is 1. The highest BCUT2D eigenvalue weighted by molar-refractivity contribution is 7.89. The Morgan fingerprint density at radius 2 is 1.78 bits per heavy atom. The maximum absolute atomic E-state index is 12.8. The van der Waals surface area contributed by atoms with Crippen molar-refractivity contribution in [3.63, 3.8) is 0 Å². The third-order valence-electron chi connectivity index (χ3n) is 4.47. The molecule has 1 saturated heterocycles. The molecule has 1 amide bonds. The van der Waals surface area contributed by atoms with E-state index in [-0.39, 0.29) is 5.91 Å². The molecule has 0 unspecified atom stereocenters. The summed E-state index contributed by atoms with van der Waals surface area (Å²) in [6.07, 6.45) is 8.85. The largest absolute Gasteiger partial charge is 0.327 e. The fraction of sp³-hybridized carbons (Fsp3) is 0.368. The molecule has 144 valence electrons. The lowest BCUT2D eigenvalue weighted by Gasteiger charge is -2.19. The highest BCUT2D eigenvalue weighted by Gasteiger charge is 2.24. The van der Waals surface area contributed by atoms with E-state index in [0.717, 1.165) is 31.2 Å². The third kappa shape index (κ3) is 5.03. The van der Waals surface area contributed by atoms with Gasteiger partial charge in [-0.1, -0.05) is 25.0 Å². The number of rotatable bonds is 4. The second kappa shape index (κ2) is 8.77. The zero-order valence-electron chi connectivity index (χ0n) is 15.2. The van der Waals surface area contributed by atoms with Gasteiger partial charge in [0.05, 0.1) is 4.90 Å². The predicted molar refractivity (Wildman–Crippen MR) is 107 cm³/mol. The summed E-state index contributed by atoms with van der Waals surface area (Å²) in [7, 11) is -1.62. The van der Waals surface area contributed by atoms with Crippen molar-refractivity contribution in [1.82, 2.24) is 8.87 Å². The monoisotopic (exact) mass is 405 g/mol. The van der Waals surface area contributed by atoms with Gasteiger partial charge in [-0.15, -0.1) is 11.3 Å². The summed E-state index contributed by atoms with van der Waals surface area (Å²) in [5, 5.41) is 1.86. The Kier molecular flexibility index (Phi) is 6.41. The van der Waals surface area contributed by atoms with Crippen LogP contribution in [0.15, 0.2) is 51.8 Å². The maximum atomic E-state index is 12.8. The van der Waals surface area contributed by atoms with Crippen molar-refractivity contribution in [1.29, 1.82) is 0 Å². The summed E-state index contributed by atoms with van der Waals surface area (Å²) in [5.74, 6) is -0.352. The molecule has 1 aliphatic rings. The van der Waals surface area contributed by atoms with Crippen LogP contribution in [0.5, 0.6) is 0 Å². The van der Waals surface area contributed by atoms with Crippen LogP contribution in [-0.2, 0) is 21.9 Å². The van der Waals surface area contributed by atoms with Gasteiger partial charge < -0.3 is 4.57 Å². The van der Waals surface area contributed by atoms with Gasteiger partial charge >= 0.3 is 0 Å². The van der Waals surface area contributed by atoms with Crippen LogP contribution in [-0.4, -0.2) is 36.3 Å². The molecular weight excluding hydrogens is 382 g/mol. The second-order valence-corrected chi connectivity index (χ2v) is 9.28. The standard InChI is InChI=1S/C19H23N3O3S2/c1-21-14-15-26-19(21)20-18(23)11-8-16-6-9-17(10-7-16)27(24,25)22-12-4-2-3-5-13-22/h6-11,14-15H,2-5,12-13H2,1H3. The summed E-state index contributed by atoms with van der Waals surface area (Å²) < 4.78 is 28.9. The topological polar surface area (TPSA) is 71.7 Å². The molecule has 0 radical (unpaired) electrons. The second-order valence-electron chi connectivity index (χ2n) is 6.47. The molecule has 0 aliphatic carbocycles. The quantitative estimate of drug-likeness (QED) is 0.735. The van der Waals surface area contributed by atoms with E-state index in [1.54, 1.807) is 39.2 Å². The average molecular weight is 406 g/mol. The minimum Gasteiger partial charge on any atom is -0.327 e. The number of amides is 1. The van der Waals surface area contributed by atoms with Crippen LogP contribution < -0.4 is 4.80 Å². The van der Waals surface area contributed by atoms with Crippen LogP contribution in [0, 0.1) is 0 Å². The van der Waals surface area contributed by atoms with E-state index >= 15 is 0 Å². The summed E-state index contributed by atoms with van der Waals surface area (Å²) in [6.45, 7) is 1.17. The molecule has 6 nitrogen and oxygen atoms in total. The first-order chi connectivity index (χ1) is 13.0. The Hall–Kier alpha value is -2.03. The van der Waals surface area contributed by atoms with E-state index in [4.69, 9.17) is 0 Å². The number of carbonyl (C=O) groups excluding carboxylic acids is 1. The Bertz CT molecular complexity index is 978.